The zero-order valence-corrected chi connectivity index (χ0v) is 14.9. The minimum Gasteiger partial charge on any atom is -0.373 e. The third kappa shape index (κ3) is 4.43. The summed E-state index contributed by atoms with van der Waals surface area (Å²) in [6, 6.07) is 7.59. The molecule has 1 saturated heterocycles. The highest BCUT2D eigenvalue weighted by Gasteiger charge is 2.25. The van der Waals surface area contributed by atoms with E-state index in [4.69, 9.17) is 4.74 Å². The topological polar surface area (TPSA) is 72.3 Å². The second-order valence-electron chi connectivity index (χ2n) is 6.66. The average molecular weight is 343 g/mol. The Balaban J connectivity index is 1.53. The van der Waals surface area contributed by atoms with Crippen LogP contribution in [-0.4, -0.2) is 63.5 Å². The van der Waals surface area contributed by atoms with Crippen molar-refractivity contribution in [3.63, 3.8) is 0 Å². The molecule has 0 aliphatic carbocycles. The van der Waals surface area contributed by atoms with E-state index >= 15 is 0 Å². The Morgan fingerprint density at radius 1 is 1.28 bits per heavy atom. The summed E-state index contributed by atoms with van der Waals surface area (Å²) in [5.41, 5.74) is 1.51. The summed E-state index contributed by atoms with van der Waals surface area (Å²) >= 11 is 0. The molecule has 1 fully saturated rings. The van der Waals surface area contributed by atoms with Crippen molar-refractivity contribution in [1.29, 1.82) is 0 Å². The standard InChI is InChI=1S/C18H25N5O2/c1-13(22-9-14(2)25-15(3)10-22)8-20-18(24)16-4-6-17(7-5-16)23-12-19-11-21-23/h4-7,11-15H,8-10H2,1-3H3,(H,20,24)/t13-,14-,15+/m1/s1. The van der Waals surface area contributed by atoms with E-state index in [0.29, 0.717) is 12.1 Å². The van der Waals surface area contributed by atoms with E-state index in [1.165, 1.54) is 6.33 Å². The molecule has 2 aromatic rings. The largest absolute Gasteiger partial charge is 0.373 e. The number of benzene rings is 1. The second-order valence-corrected chi connectivity index (χ2v) is 6.66. The van der Waals surface area contributed by atoms with Gasteiger partial charge in [0.25, 0.3) is 5.91 Å². The molecule has 7 heteroatoms. The highest BCUT2D eigenvalue weighted by Crippen LogP contribution is 2.13. The number of hydrogen-bond donors (Lipinski definition) is 1. The van der Waals surface area contributed by atoms with E-state index in [2.05, 4.69) is 41.1 Å². The molecule has 0 saturated carbocycles. The van der Waals surface area contributed by atoms with E-state index in [1.54, 1.807) is 23.1 Å². The van der Waals surface area contributed by atoms with Crippen molar-refractivity contribution in [1.82, 2.24) is 25.0 Å². The van der Waals surface area contributed by atoms with Gasteiger partial charge in [-0.25, -0.2) is 9.67 Å². The molecule has 1 amide bonds. The number of carbonyl (C=O) groups is 1. The first-order chi connectivity index (χ1) is 12.0. The lowest BCUT2D eigenvalue weighted by atomic mass is 10.1. The number of carbonyl (C=O) groups excluding carboxylic acids is 1. The Morgan fingerprint density at radius 2 is 1.96 bits per heavy atom. The van der Waals surface area contributed by atoms with Crippen LogP contribution >= 0.6 is 0 Å². The van der Waals surface area contributed by atoms with Crippen molar-refractivity contribution in [2.45, 2.75) is 39.0 Å². The Morgan fingerprint density at radius 3 is 2.56 bits per heavy atom. The first kappa shape index (κ1) is 17.6. The third-order valence-corrected chi connectivity index (χ3v) is 4.44. The van der Waals surface area contributed by atoms with Gasteiger partial charge < -0.3 is 10.1 Å². The number of ether oxygens (including phenoxy) is 1. The molecule has 0 unspecified atom stereocenters. The molecule has 7 nitrogen and oxygen atoms in total. The van der Waals surface area contributed by atoms with Crippen LogP contribution in [0.5, 0.6) is 0 Å². The van der Waals surface area contributed by atoms with Gasteiger partial charge in [-0.2, -0.15) is 5.10 Å². The van der Waals surface area contributed by atoms with Crippen molar-refractivity contribution in [2.75, 3.05) is 19.6 Å². The van der Waals surface area contributed by atoms with Gasteiger partial charge in [-0.05, 0) is 45.0 Å². The fourth-order valence-corrected chi connectivity index (χ4v) is 3.16. The monoisotopic (exact) mass is 343 g/mol. The summed E-state index contributed by atoms with van der Waals surface area (Å²) in [4.78, 5) is 18.7. The minimum absolute atomic E-state index is 0.0636. The van der Waals surface area contributed by atoms with Crippen LogP contribution in [0.3, 0.4) is 0 Å². The molecular formula is C18H25N5O2. The molecule has 3 atom stereocenters. The summed E-state index contributed by atoms with van der Waals surface area (Å²) in [5.74, 6) is -0.0636. The lowest BCUT2D eigenvalue weighted by molar-refractivity contribution is -0.0778. The summed E-state index contributed by atoms with van der Waals surface area (Å²) in [5, 5.41) is 7.10. The van der Waals surface area contributed by atoms with Crippen LogP contribution < -0.4 is 5.32 Å². The minimum atomic E-state index is -0.0636. The molecule has 1 aromatic heterocycles. The van der Waals surface area contributed by atoms with Gasteiger partial charge in [0.05, 0.1) is 17.9 Å². The van der Waals surface area contributed by atoms with E-state index in [-0.39, 0.29) is 24.2 Å². The fourth-order valence-electron chi connectivity index (χ4n) is 3.16. The molecule has 1 aromatic carbocycles. The van der Waals surface area contributed by atoms with Gasteiger partial charge in [-0.15, -0.1) is 0 Å². The second kappa shape index (κ2) is 7.76. The highest BCUT2D eigenvalue weighted by molar-refractivity contribution is 5.94. The number of nitrogens with zero attached hydrogens (tertiary/aromatic N) is 4. The van der Waals surface area contributed by atoms with Gasteiger partial charge in [-0.1, -0.05) is 0 Å². The molecule has 134 valence electrons. The van der Waals surface area contributed by atoms with E-state index in [0.717, 1.165) is 18.8 Å². The van der Waals surface area contributed by atoms with Crippen LogP contribution in [0.15, 0.2) is 36.9 Å². The number of morpholine rings is 1. The van der Waals surface area contributed by atoms with Crippen LogP contribution in [-0.2, 0) is 4.74 Å². The maximum atomic E-state index is 12.4. The molecule has 0 radical (unpaired) electrons. The Kier molecular flexibility index (Phi) is 5.45. The summed E-state index contributed by atoms with van der Waals surface area (Å²) < 4.78 is 7.42. The summed E-state index contributed by atoms with van der Waals surface area (Å²) in [7, 11) is 0. The van der Waals surface area contributed by atoms with Gasteiger partial charge in [-0.3, -0.25) is 9.69 Å². The van der Waals surface area contributed by atoms with Crippen molar-refractivity contribution in [2.24, 2.45) is 0 Å². The normalized spacial score (nSPS) is 22.5. The number of rotatable bonds is 5. The predicted molar refractivity (Wildman–Crippen MR) is 94.7 cm³/mol. The molecule has 25 heavy (non-hydrogen) atoms. The van der Waals surface area contributed by atoms with E-state index in [9.17, 15) is 4.79 Å². The molecule has 1 N–H and O–H groups in total. The summed E-state index contributed by atoms with van der Waals surface area (Å²) in [6.45, 7) is 8.72. The Hall–Kier alpha value is -2.25. The quantitative estimate of drug-likeness (QED) is 0.891. The molecule has 1 aliphatic rings. The molecule has 3 rings (SSSR count). The van der Waals surface area contributed by atoms with Gasteiger partial charge in [0.2, 0.25) is 0 Å². The molecule has 1 aliphatic heterocycles. The SMILES string of the molecule is C[C@@H]1CN([C@H](C)CNC(=O)c2ccc(-n3cncn3)cc2)C[C@H](C)O1. The van der Waals surface area contributed by atoms with Crippen LogP contribution in [0.25, 0.3) is 5.69 Å². The molecular weight excluding hydrogens is 318 g/mol. The van der Waals surface area contributed by atoms with Gasteiger partial charge in [0.1, 0.15) is 12.7 Å². The molecule has 2 heterocycles. The van der Waals surface area contributed by atoms with Crippen LogP contribution in [0.2, 0.25) is 0 Å². The molecule has 0 spiro atoms. The molecule has 0 bridgehead atoms. The number of nitrogens with one attached hydrogen (secondary N) is 1. The highest BCUT2D eigenvalue weighted by atomic mass is 16.5. The fraction of sp³-hybridized carbons (Fsp3) is 0.500. The maximum absolute atomic E-state index is 12.4. The summed E-state index contributed by atoms with van der Waals surface area (Å²) in [6.07, 6.45) is 3.56. The average Bonchev–Trinajstić information content (AvgIpc) is 3.13. The number of aromatic nitrogens is 3. The van der Waals surface area contributed by atoms with Gasteiger partial charge in [0, 0.05) is 31.2 Å². The third-order valence-electron chi connectivity index (χ3n) is 4.44. The maximum Gasteiger partial charge on any atom is 0.251 e. The lowest BCUT2D eigenvalue weighted by Crippen LogP contribution is -2.52. The lowest BCUT2D eigenvalue weighted by Gasteiger charge is -2.39. The zero-order valence-electron chi connectivity index (χ0n) is 14.9. The number of hydrogen-bond acceptors (Lipinski definition) is 5. The Labute approximate surface area is 148 Å². The van der Waals surface area contributed by atoms with Gasteiger partial charge >= 0.3 is 0 Å². The Bertz CT molecular complexity index is 676. The number of amides is 1. The van der Waals surface area contributed by atoms with Crippen LogP contribution in [0, 0.1) is 0 Å². The smallest absolute Gasteiger partial charge is 0.251 e. The predicted octanol–water partition coefficient (Wildman–Crippen LogP) is 1.49. The van der Waals surface area contributed by atoms with E-state index in [1.807, 2.05) is 12.1 Å². The van der Waals surface area contributed by atoms with Crippen LogP contribution in [0.1, 0.15) is 31.1 Å². The van der Waals surface area contributed by atoms with Crippen molar-refractivity contribution in [3.05, 3.63) is 42.5 Å². The van der Waals surface area contributed by atoms with Crippen LogP contribution in [0.4, 0.5) is 0 Å². The van der Waals surface area contributed by atoms with Crippen molar-refractivity contribution >= 4 is 5.91 Å². The zero-order chi connectivity index (χ0) is 17.8. The van der Waals surface area contributed by atoms with Crippen molar-refractivity contribution < 1.29 is 9.53 Å². The van der Waals surface area contributed by atoms with Gasteiger partial charge in [0.15, 0.2) is 0 Å². The first-order valence-electron chi connectivity index (χ1n) is 8.65. The van der Waals surface area contributed by atoms with E-state index < -0.39 is 0 Å². The first-order valence-corrected chi connectivity index (χ1v) is 8.65. The van der Waals surface area contributed by atoms with Crippen molar-refractivity contribution in [3.8, 4) is 5.69 Å².